The Morgan fingerprint density at radius 1 is 0.789 bits per heavy atom. The molecule has 4 nitrogen and oxygen atoms in total. The fourth-order valence-corrected chi connectivity index (χ4v) is 2.37. The maximum atomic E-state index is 12.0. The lowest BCUT2D eigenvalue weighted by Crippen LogP contribution is -2.37. The molecule has 0 radical (unpaired) electrons. The van der Waals surface area contributed by atoms with E-state index in [4.69, 9.17) is 0 Å². The van der Waals surface area contributed by atoms with Gasteiger partial charge in [-0.3, -0.25) is 9.59 Å². The Kier molecular flexibility index (Phi) is 6.32. The molecule has 0 spiro atoms. The Balaban J connectivity index is 2.47. The molecular formula is C15H28N2O2. The molecule has 1 aliphatic heterocycles. The molecule has 0 N–H and O–H groups in total. The molecule has 1 saturated heterocycles. The lowest BCUT2D eigenvalue weighted by atomic mass is 10.1. The van der Waals surface area contributed by atoms with E-state index in [9.17, 15) is 9.59 Å². The number of carbonyl (C=O) groups is 2. The summed E-state index contributed by atoms with van der Waals surface area (Å²) in [5.41, 5.74) is 0. The van der Waals surface area contributed by atoms with Crippen molar-refractivity contribution in [2.24, 2.45) is 11.8 Å². The molecule has 1 heterocycles. The topological polar surface area (TPSA) is 40.6 Å². The van der Waals surface area contributed by atoms with Crippen molar-refractivity contribution >= 4 is 11.8 Å². The standard InChI is InChI=1S/C15H28N2O2/c1-12(2)10-14(18)16-6-5-7-17(9-8-16)15(19)11-13(3)4/h12-13H,5-11H2,1-4H3. The summed E-state index contributed by atoms with van der Waals surface area (Å²) in [5.74, 6) is 1.25. The van der Waals surface area contributed by atoms with Crippen LogP contribution < -0.4 is 0 Å². The smallest absolute Gasteiger partial charge is 0.222 e. The predicted octanol–water partition coefficient (Wildman–Crippen LogP) is 2.14. The maximum absolute atomic E-state index is 12.0. The zero-order valence-corrected chi connectivity index (χ0v) is 12.8. The molecule has 1 aliphatic rings. The van der Waals surface area contributed by atoms with E-state index in [1.165, 1.54) is 0 Å². The molecule has 0 aromatic rings. The van der Waals surface area contributed by atoms with Gasteiger partial charge in [-0.2, -0.15) is 0 Å². The highest BCUT2D eigenvalue weighted by Crippen LogP contribution is 2.11. The van der Waals surface area contributed by atoms with Crippen LogP contribution >= 0.6 is 0 Å². The average molecular weight is 268 g/mol. The van der Waals surface area contributed by atoms with Gasteiger partial charge in [0, 0.05) is 39.0 Å². The van der Waals surface area contributed by atoms with Crippen molar-refractivity contribution in [3.05, 3.63) is 0 Å². The van der Waals surface area contributed by atoms with Gasteiger partial charge in [0.2, 0.25) is 11.8 Å². The van der Waals surface area contributed by atoms with Crippen LogP contribution in [0.1, 0.15) is 47.0 Å². The van der Waals surface area contributed by atoms with Crippen LogP contribution in [0.25, 0.3) is 0 Å². The van der Waals surface area contributed by atoms with Gasteiger partial charge in [0.1, 0.15) is 0 Å². The molecular weight excluding hydrogens is 240 g/mol. The molecule has 110 valence electrons. The number of hydrogen-bond donors (Lipinski definition) is 0. The van der Waals surface area contributed by atoms with E-state index >= 15 is 0 Å². The van der Waals surface area contributed by atoms with Crippen LogP contribution in [0.2, 0.25) is 0 Å². The van der Waals surface area contributed by atoms with Gasteiger partial charge in [0.25, 0.3) is 0 Å². The molecule has 1 fully saturated rings. The van der Waals surface area contributed by atoms with Gasteiger partial charge in [-0.15, -0.1) is 0 Å². The summed E-state index contributed by atoms with van der Waals surface area (Å²) in [5, 5.41) is 0. The molecule has 2 amide bonds. The first-order valence-electron chi connectivity index (χ1n) is 7.45. The molecule has 0 saturated carbocycles. The highest BCUT2D eigenvalue weighted by Gasteiger charge is 2.22. The summed E-state index contributed by atoms with van der Waals surface area (Å²) in [6, 6.07) is 0. The van der Waals surface area contributed by atoms with Crippen molar-refractivity contribution in [3.8, 4) is 0 Å². The number of rotatable bonds is 4. The molecule has 0 unspecified atom stereocenters. The van der Waals surface area contributed by atoms with E-state index in [1.54, 1.807) is 0 Å². The molecule has 0 atom stereocenters. The first kappa shape index (κ1) is 16.0. The first-order valence-corrected chi connectivity index (χ1v) is 7.45. The monoisotopic (exact) mass is 268 g/mol. The van der Waals surface area contributed by atoms with Crippen LogP contribution in [-0.4, -0.2) is 47.8 Å². The lowest BCUT2D eigenvalue weighted by molar-refractivity contribution is -0.134. The van der Waals surface area contributed by atoms with Gasteiger partial charge in [0.15, 0.2) is 0 Å². The number of nitrogens with zero attached hydrogens (tertiary/aromatic N) is 2. The highest BCUT2D eigenvalue weighted by atomic mass is 16.2. The third kappa shape index (κ3) is 5.62. The Morgan fingerprint density at radius 3 is 1.47 bits per heavy atom. The van der Waals surface area contributed by atoms with Gasteiger partial charge in [-0.05, 0) is 18.3 Å². The van der Waals surface area contributed by atoms with E-state index in [0.717, 1.165) is 19.5 Å². The van der Waals surface area contributed by atoms with Crippen LogP contribution in [0.5, 0.6) is 0 Å². The maximum Gasteiger partial charge on any atom is 0.222 e. The van der Waals surface area contributed by atoms with Crippen molar-refractivity contribution in [2.75, 3.05) is 26.2 Å². The Morgan fingerprint density at radius 2 is 1.16 bits per heavy atom. The summed E-state index contributed by atoms with van der Waals surface area (Å²) in [4.78, 5) is 27.9. The fraction of sp³-hybridized carbons (Fsp3) is 0.867. The summed E-state index contributed by atoms with van der Waals surface area (Å²) in [6.45, 7) is 11.2. The van der Waals surface area contributed by atoms with E-state index in [-0.39, 0.29) is 11.8 Å². The van der Waals surface area contributed by atoms with Crippen LogP contribution in [-0.2, 0) is 9.59 Å². The third-order valence-corrected chi connectivity index (χ3v) is 3.37. The molecule has 1 rings (SSSR count). The van der Waals surface area contributed by atoms with Crippen LogP contribution in [0.3, 0.4) is 0 Å². The zero-order valence-electron chi connectivity index (χ0n) is 12.8. The second-order valence-corrected chi connectivity index (χ2v) is 6.31. The van der Waals surface area contributed by atoms with Crippen molar-refractivity contribution in [1.29, 1.82) is 0 Å². The summed E-state index contributed by atoms with van der Waals surface area (Å²) >= 11 is 0. The van der Waals surface area contributed by atoms with Crippen molar-refractivity contribution < 1.29 is 9.59 Å². The molecule has 19 heavy (non-hydrogen) atoms. The second-order valence-electron chi connectivity index (χ2n) is 6.31. The molecule has 4 heteroatoms. The normalized spacial score (nSPS) is 16.9. The van der Waals surface area contributed by atoms with Crippen molar-refractivity contribution in [2.45, 2.75) is 47.0 Å². The third-order valence-electron chi connectivity index (χ3n) is 3.37. The first-order chi connectivity index (χ1) is 8.90. The quantitative estimate of drug-likeness (QED) is 0.784. The molecule has 0 aromatic carbocycles. The number of carbonyl (C=O) groups excluding carboxylic acids is 2. The van der Waals surface area contributed by atoms with Gasteiger partial charge in [0.05, 0.1) is 0 Å². The van der Waals surface area contributed by atoms with Crippen LogP contribution in [0.4, 0.5) is 0 Å². The van der Waals surface area contributed by atoms with E-state index in [0.29, 0.717) is 37.8 Å². The predicted molar refractivity (Wildman–Crippen MR) is 76.7 cm³/mol. The Bertz CT molecular complexity index is 283. The zero-order chi connectivity index (χ0) is 14.4. The van der Waals surface area contributed by atoms with Gasteiger partial charge in [-0.25, -0.2) is 0 Å². The second kappa shape index (κ2) is 7.51. The van der Waals surface area contributed by atoms with Crippen LogP contribution in [0.15, 0.2) is 0 Å². The summed E-state index contributed by atoms with van der Waals surface area (Å²) < 4.78 is 0. The molecule has 0 bridgehead atoms. The Labute approximate surface area is 117 Å². The molecule has 0 aliphatic carbocycles. The Hall–Kier alpha value is -1.06. The average Bonchev–Trinajstić information content (AvgIpc) is 2.52. The van der Waals surface area contributed by atoms with E-state index < -0.39 is 0 Å². The SMILES string of the molecule is CC(C)CC(=O)N1CCCN(C(=O)CC(C)C)CC1. The van der Waals surface area contributed by atoms with Crippen molar-refractivity contribution in [1.82, 2.24) is 9.80 Å². The van der Waals surface area contributed by atoms with Gasteiger partial charge in [-0.1, -0.05) is 27.7 Å². The fourth-order valence-electron chi connectivity index (χ4n) is 2.37. The van der Waals surface area contributed by atoms with Crippen LogP contribution in [0, 0.1) is 11.8 Å². The minimum atomic E-state index is 0.230. The minimum absolute atomic E-state index is 0.230. The largest absolute Gasteiger partial charge is 0.341 e. The lowest BCUT2D eigenvalue weighted by Gasteiger charge is -2.23. The van der Waals surface area contributed by atoms with E-state index in [1.807, 2.05) is 9.80 Å². The van der Waals surface area contributed by atoms with Gasteiger partial charge < -0.3 is 9.80 Å². The number of hydrogen-bond acceptors (Lipinski definition) is 2. The molecule has 0 aromatic heterocycles. The van der Waals surface area contributed by atoms with E-state index in [2.05, 4.69) is 27.7 Å². The summed E-state index contributed by atoms with van der Waals surface area (Å²) in [7, 11) is 0. The number of amides is 2. The van der Waals surface area contributed by atoms with Crippen molar-refractivity contribution in [3.63, 3.8) is 0 Å². The summed E-state index contributed by atoms with van der Waals surface area (Å²) in [6.07, 6.45) is 2.12. The highest BCUT2D eigenvalue weighted by molar-refractivity contribution is 5.78. The van der Waals surface area contributed by atoms with Gasteiger partial charge >= 0.3 is 0 Å². The minimum Gasteiger partial charge on any atom is -0.341 e.